The number of nitriles is 1. The molecule has 33 heavy (non-hydrogen) atoms. The lowest BCUT2D eigenvalue weighted by atomic mass is 10.1. The molecule has 9 heteroatoms. The molecule has 0 aliphatic rings. The number of hydrogen-bond acceptors (Lipinski definition) is 4. The van der Waals surface area contributed by atoms with E-state index < -0.39 is 5.91 Å². The Labute approximate surface area is 211 Å². The number of nitrogens with zero attached hydrogens (tertiary/aromatic N) is 1. The van der Waals surface area contributed by atoms with Crippen molar-refractivity contribution in [3.8, 4) is 17.6 Å². The number of carbonyl (C=O) groups excluding carboxylic acids is 1. The SMILES string of the molecule is COc1cc(/C=C(\C#N)C(=O)Nc2ccccc2Cl)cc(Cl)c1OCc1ccc(Cl)cc1Cl. The predicted octanol–water partition coefficient (Wildman–Crippen LogP) is 7.43. The maximum atomic E-state index is 12.6. The molecule has 0 fully saturated rings. The van der Waals surface area contributed by atoms with Crippen LogP contribution in [-0.4, -0.2) is 13.0 Å². The van der Waals surface area contributed by atoms with Crippen molar-refractivity contribution < 1.29 is 14.3 Å². The highest BCUT2D eigenvalue weighted by atomic mass is 35.5. The lowest BCUT2D eigenvalue weighted by Crippen LogP contribution is -2.13. The van der Waals surface area contributed by atoms with Gasteiger partial charge in [-0.25, -0.2) is 0 Å². The molecule has 0 spiro atoms. The Bertz CT molecular complexity index is 1270. The molecule has 0 unspecified atom stereocenters. The van der Waals surface area contributed by atoms with Crippen LogP contribution in [0.4, 0.5) is 5.69 Å². The highest BCUT2D eigenvalue weighted by Crippen LogP contribution is 2.38. The molecule has 3 aromatic rings. The highest BCUT2D eigenvalue weighted by molar-refractivity contribution is 6.35. The van der Waals surface area contributed by atoms with Crippen molar-refractivity contribution in [2.24, 2.45) is 0 Å². The van der Waals surface area contributed by atoms with Crippen LogP contribution in [0.2, 0.25) is 20.1 Å². The van der Waals surface area contributed by atoms with Gasteiger partial charge in [-0.1, -0.05) is 64.6 Å². The standard InChI is InChI=1S/C24H16Cl4N2O3/c1-32-22-10-14(8-16(12-29)24(31)30-21-5-3-2-4-18(21)26)9-20(28)23(22)33-13-15-6-7-17(25)11-19(15)27/h2-11H,13H2,1H3,(H,30,31)/b16-8+. The van der Waals surface area contributed by atoms with Gasteiger partial charge in [0.2, 0.25) is 0 Å². The van der Waals surface area contributed by atoms with E-state index >= 15 is 0 Å². The van der Waals surface area contributed by atoms with Gasteiger partial charge >= 0.3 is 0 Å². The van der Waals surface area contributed by atoms with E-state index in [0.29, 0.717) is 43.4 Å². The third-order valence-corrected chi connectivity index (χ3v) is 5.63. The van der Waals surface area contributed by atoms with Crippen LogP contribution in [0.1, 0.15) is 11.1 Å². The van der Waals surface area contributed by atoms with Crippen LogP contribution in [0.15, 0.2) is 60.2 Å². The normalized spacial score (nSPS) is 11.0. The fraction of sp³-hybridized carbons (Fsp3) is 0.0833. The van der Waals surface area contributed by atoms with Crippen LogP contribution in [0.25, 0.3) is 6.08 Å². The second kappa shape index (κ2) is 11.3. The third-order valence-electron chi connectivity index (χ3n) is 4.44. The number of amides is 1. The van der Waals surface area contributed by atoms with Crippen LogP contribution in [-0.2, 0) is 11.4 Å². The second-order valence-electron chi connectivity index (χ2n) is 6.66. The number of methoxy groups -OCH3 is 1. The van der Waals surface area contributed by atoms with Gasteiger partial charge in [0, 0.05) is 15.6 Å². The van der Waals surface area contributed by atoms with Gasteiger partial charge in [0.1, 0.15) is 18.2 Å². The van der Waals surface area contributed by atoms with E-state index in [2.05, 4.69) is 5.32 Å². The molecule has 0 aliphatic heterocycles. The molecule has 1 N–H and O–H groups in total. The van der Waals surface area contributed by atoms with E-state index in [4.69, 9.17) is 55.9 Å². The topological polar surface area (TPSA) is 71.3 Å². The Morgan fingerprint density at radius 3 is 2.45 bits per heavy atom. The minimum atomic E-state index is -0.613. The number of ether oxygens (including phenoxy) is 2. The van der Waals surface area contributed by atoms with E-state index in [1.165, 1.54) is 13.2 Å². The Hall–Kier alpha value is -2.88. The van der Waals surface area contributed by atoms with E-state index in [9.17, 15) is 10.1 Å². The zero-order valence-corrected chi connectivity index (χ0v) is 20.2. The van der Waals surface area contributed by atoms with Gasteiger partial charge in [-0.05, 0) is 48.0 Å². The van der Waals surface area contributed by atoms with Gasteiger partial charge in [-0.3, -0.25) is 4.79 Å². The predicted molar refractivity (Wildman–Crippen MR) is 132 cm³/mol. The molecule has 168 valence electrons. The van der Waals surface area contributed by atoms with Crippen molar-refractivity contribution >= 4 is 64.1 Å². The molecular formula is C24H16Cl4N2O3. The number of halogens is 4. The zero-order valence-electron chi connectivity index (χ0n) is 17.2. The smallest absolute Gasteiger partial charge is 0.266 e. The summed E-state index contributed by atoms with van der Waals surface area (Å²) in [5.41, 5.74) is 1.44. The van der Waals surface area contributed by atoms with Crippen molar-refractivity contribution in [2.45, 2.75) is 6.61 Å². The first kappa shape index (κ1) is 24.8. The summed E-state index contributed by atoms with van der Waals surface area (Å²) < 4.78 is 11.2. The lowest BCUT2D eigenvalue weighted by Gasteiger charge is -2.14. The average molecular weight is 522 g/mol. The fourth-order valence-corrected chi connectivity index (χ4v) is 3.74. The fourth-order valence-electron chi connectivity index (χ4n) is 2.82. The number of carbonyl (C=O) groups is 1. The van der Waals surface area contributed by atoms with Crippen LogP contribution in [0.3, 0.4) is 0 Å². The Morgan fingerprint density at radius 2 is 1.79 bits per heavy atom. The van der Waals surface area contributed by atoms with Gasteiger partial charge in [-0.2, -0.15) is 5.26 Å². The number of hydrogen-bond donors (Lipinski definition) is 1. The Balaban J connectivity index is 1.84. The maximum Gasteiger partial charge on any atom is 0.266 e. The average Bonchev–Trinajstić information content (AvgIpc) is 2.78. The molecule has 0 aliphatic carbocycles. The summed E-state index contributed by atoms with van der Waals surface area (Å²) >= 11 is 24.6. The molecule has 0 saturated heterocycles. The summed E-state index contributed by atoms with van der Waals surface area (Å²) in [6.07, 6.45) is 1.39. The summed E-state index contributed by atoms with van der Waals surface area (Å²) in [7, 11) is 1.45. The summed E-state index contributed by atoms with van der Waals surface area (Å²) in [6, 6.07) is 16.8. The Morgan fingerprint density at radius 1 is 1.03 bits per heavy atom. The molecule has 3 aromatic carbocycles. The summed E-state index contributed by atoms with van der Waals surface area (Å²) in [5, 5.41) is 13.7. The molecule has 3 rings (SSSR count). The third kappa shape index (κ3) is 6.34. The molecule has 0 aromatic heterocycles. The first-order valence-electron chi connectivity index (χ1n) is 9.44. The van der Waals surface area contributed by atoms with Gasteiger partial charge < -0.3 is 14.8 Å². The minimum absolute atomic E-state index is 0.130. The molecule has 0 radical (unpaired) electrons. The van der Waals surface area contributed by atoms with E-state index in [0.717, 1.165) is 0 Å². The number of anilines is 1. The quantitative estimate of drug-likeness (QED) is 0.259. The van der Waals surface area contributed by atoms with Crippen molar-refractivity contribution in [3.63, 3.8) is 0 Å². The van der Waals surface area contributed by atoms with Crippen LogP contribution in [0.5, 0.6) is 11.5 Å². The number of rotatable bonds is 7. The summed E-state index contributed by atoms with van der Waals surface area (Å²) in [5.74, 6) is 0.00222. The van der Waals surface area contributed by atoms with Gasteiger partial charge in [-0.15, -0.1) is 0 Å². The van der Waals surface area contributed by atoms with E-state index in [1.807, 2.05) is 6.07 Å². The molecule has 0 heterocycles. The van der Waals surface area contributed by atoms with Gasteiger partial charge in [0.15, 0.2) is 11.5 Å². The van der Waals surface area contributed by atoms with Crippen molar-refractivity contribution in [3.05, 3.63) is 91.4 Å². The number of para-hydroxylation sites is 1. The zero-order chi connectivity index (χ0) is 24.0. The molecule has 0 atom stereocenters. The largest absolute Gasteiger partial charge is 0.493 e. The monoisotopic (exact) mass is 520 g/mol. The molecular weight excluding hydrogens is 506 g/mol. The first-order chi connectivity index (χ1) is 15.8. The number of benzene rings is 3. The summed E-state index contributed by atoms with van der Waals surface area (Å²) in [4.78, 5) is 12.6. The van der Waals surface area contributed by atoms with Crippen LogP contribution >= 0.6 is 46.4 Å². The van der Waals surface area contributed by atoms with Crippen LogP contribution in [0, 0.1) is 11.3 Å². The molecule has 1 amide bonds. The first-order valence-corrected chi connectivity index (χ1v) is 11.0. The molecule has 0 saturated carbocycles. The molecule has 0 bridgehead atoms. The summed E-state index contributed by atoms with van der Waals surface area (Å²) in [6.45, 7) is 0.130. The van der Waals surface area contributed by atoms with E-state index in [1.54, 1.807) is 54.6 Å². The van der Waals surface area contributed by atoms with Crippen LogP contribution < -0.4 is 14.8 Å². The highest BCUT2D eigenvalue weighted by Gasteiger charge is 2.15. The minimum Gasteiger partial charge on any atom is -0.493 e. The molecule has 5 nitrogen and oxygen atoms in total. The maximum absolute atomic E-state index is 12.6. The van der Waals surface area contributed by atoms with Gasteiger partial charge in [0.05, 0.1) is 22.8 Å². The second-order valence-corrected chi connectivity index (χ2v) is 8.32. The van der Waals surface area contributed by atoms with E-state index in [-0.39, 0.29) is 17.2 Å². The van der Waals surface area contributed by atoms with Crippen molar-refractivity contribution in [2.75, 3.05) is 12.4 Å². The lowest BCUT2D eigenvalue weighted by molar-refractivity contribution is -0.112. The van der Waals surface area contributed by atoms with Gasteiger partial charge in [0.25, 0.3) is 5.91 Å². The van der Waals surface area contributed by atoms with Crippen molar-refractivity contribution in [1.82, 2.24) is 0 Å². The number of nitrogens with one attached hydrogen (secondary N) is 1. The van der Waals surface area contributed by atoms with Crippen molar-refractivity contribution in [1.29, 1.82) is 5.26 Å². The Kier molecular flexibility index (Phi) is 8.49.